The molecular formula is C32H45N3O5. The topological polar surface area (TPSA) is 117 Å². The fraction of sp³-hybridized carbons (Fsp3) is 0.531. The van der Waals surface area contributed by atoms with Crippen molar-refractivity contribution in [3.8, 4) is 0 Å². The fourth-order valence-electron chi connectivity index (χ4n) is 5.17. The van der Waals surface area contributed by atoms with Gasteiger partial charge in [-0.15, -0.1) is 0 Å². The van der Waals surface area contributed by atoms with E-state index in [-0.39, 0.29) is 42.0 Å². The van der Waals surface area contributed by atoms with Gasteiger partial charge in [-0.05, 0) is 49.1 Å². The second-order valence-electron chi connectivity index (χ2n) is 11.0. The van der Waals surface area contributed by atoms with Crippen molar-refractivity contribution >= 4 is 17.7 Å². The summed E-state index contributed by atoms with van der Waals surface area (Å²) in [7, 11) is 0. The van der Waals surface area contributed by atoms with Crippen LogP contribution in [0.2, 0.25) is 0 Å². The third-order valence-electron chi connectivity index (χ3n) is 7.73. The van der Waals surface area contributed by atoms with E-state index in [4.69, 9.17) is 4.74 Å². The molecule has 1 fully saturated rings. The minimum absolute atomic E-state index is 0.0254. The number of hydrogen-bond donors (Lipinski definition) is 4. The second kappa shape index (κ2) is 16.1. The molecule has 0 aliphatic carbocycles. The van der Waals surface area contributed by atoms with Gasteiger partial charge in [0.15, 0.2) is 0 Å². The van der Waals surface area contributed by atoms with Gasteiger partial charge in [0.1, 0.15) is 6.04 Å². The molecule has 1 aliphatic heterocycles. The Labute approximate surface area is 238 Å². The van der Waals surface area contributed by atoms with E-state index in [0.717, 1.165) is 11.1 Å². The van der Waals surface area contributed by atoms with Gasteiger partial charge >= 0.3 is 0 Å². The SMILES string of the molecule is CC[C@@H](C)[C@H](NC(C)=O)C(=O)N[C@@H](Cc1ccccc1)[C@@H](O)C[C@H](Cc1ccccc1)NC(=O)C1CCOCC1. The number of carbonyl (C=O) groups is 3. The third-order valence-corrected chi connectivity index (χ3v) is 7.73. The minimum atomic E-state index is -0.942. The van der Waals surface area contributed by atoms with Crippen LogP contribution in [0.15, 0.2) is 60.7 Å². The molecule has 0 spiro atoms. The lowest BCUT2D eigenvalue weighted by Crippen LogP contribution is -2.56. The van der Waals surface area contributed by atoms with Gasteiger partial charge in [0.2, 0.25) is 17.7 Å². The van der Waals surface area contributed by atoms with Gasteiger partial charge in [-0.2, -0.15) is 0 Å². The minimum Gasteiger partial charge on any atom is -0.391 e. The summed E-state index contributed by atoms with van der Waals surface area (Å²) in [6.07, 6.45) is 2.35. The van der Waals surface area contributed by atoms with Crippen LogP contribution in [0.1, 0.15) is 57.6 Å². The molecule has 2 aromatic carbocycles. The molecule has 3 rings (SSSR count). The Morgan fingerprint density at radius 2 is 1.48 bits per heavy atom. The maximum absolute atomic E-state index is 13.4. The number of nitrogens with one attached hydrogen (secondary N) is 3. The number of carbonyl (C=O) groups excluding carboxylic acids is 3. The number of aliphatic hydroxyl groups excluding tert-OH is 1. The van der Waals surface area contributed by atoms with Gasteiger partial charge in [0.25, 0.3) is 0 Å². The van der Waals surface area contributed by atoms with Crippen molar-refractivity contribution in [2.75, 3.05) is 13.2 Å². The molecule has 8 nitrogen and oxygen atoms in total. The summed E-state index contributed by atoms with van der Waals surface area (Å²) in [5.41, 5.74) is 2.02. The van der Waals surface area contributed by atoms with Crippen molar-refractivity contribution in [1.29, 1.82) is 0 Å². The lowest BCUT2D eigenvalue weighted by Gasteiger charge is -2.32. The number of benzene rings is 2. The van der Waals surface area contributed by atoms with Gasteiger partial charge in [-0.3, -0.25) is 14.4 Å². The summed E-state index contributed by atoms with van der Waals surface area (Å²) < 4.78 is 5.42. The molecule has 0 radical (unpaired) electrons. The van der Waals surface area contributed by atoms with E-state index in [1.807, 2.05) is 74.5 Å². The van der Waals surface area contributed by atoms with Crippen molar-refractivity contribution in [3.63, 3.8) is 0 Å². The average molecular weight is 552 g/mol. The summed E-state index contributed by atoms with van der Waals surface area (Å²) in [6, 6.07) is 17.9. The van der Waals surface area contributed by atoms with Crippen LogP contribution in [0.3, 0.4) is 0 Å². The zero-order valence-corrected chi connectivity index (χ0v) is 24.0. The third kappa shape index (κ3) is 10.1. The number of ether oxygens (including phenoxy) is 1. The molecule has 0 saturated carbocycles. The Morgan fingerprint density at radius 1 is 0.900 bits per heavy atom. The molecule has 1 aliphatic rings. The first-order valence-corrected chi connectivity index (χ1v) is 14.5. The largest absolute Gasteiger partial charge is 0.391 e. The highest BCUT2D eigenvalue weighted by atomic mass is 16.5. The van der Waals surface area contributed by atoms with Gasteiger partial charge in [-0.1, -0.05) is 80.9 Å². The normalized spacial score (nSPS) is 17.6. The van der Waals surface area contributed by atoms with Crippen molar-refractivity contribution in [2.24, 2.45) is 11.8 Å². The highest BCUT2D eigenvalue weighted by Gasteiger charge is 2.32. The Kier molecular flexibility index (Phi) is 12.6. The Balaban J connectivity index is 1.80. The van der Waals surface area contributed by atoms with E-state index in [9.17, 15) is 19.5 Å². The summed E-state index contributed by atoms with van der Waals surface area (Å²) >= 11 is 0. The number of amides is 3. The van der Waals surface area contributed by atoms with E-state index in [1.54, 1.807) is 0 Å². The molecule has 1 heterocycles. The van der Waals surface area contributed by atoms with Crippen LogP contribution in [0.5, 0.6) is 0 Å². The molecule has 4 N–H and O–H groups in total. The van der Waals surface area contributed by atoms with Crippen molar-refractivity contribution in [1.82, 2.24) is 16.0 Å². The quantitative estimate of drug-likeness (QED) is 0.288. The van der Waals surface area contributed by atoms with Gasteiger partial charge in [-0.25, -0.2) is 0 Å². The molecule has 40 heavy (non-hydrogen) atoms. The van der Waals surface area contributed by atoms with E-state index < -0.39 is 18.2 Å². The first-order chi connectivity index (χ1) is 19.3. The fourth-order valence-corrected chi connectivity index (χ4v) is 5.17. The van der Waals surface area contributed by atoms with Crippen LogP contribution in [0, 0.1) is 11.8 Å². The summed E-state index contributed by atoms with van der Waals surface area (Å²) in [6.45, 7) is 6.43. The van der Waals surface area contributed by atoms with E-state index in [2.05, 4.69) is 16.0 Å². The van der Waals surface area contributed by atoms with Crippen molar-refractivity contribution in [3.05, 3.63) is 71.8 Å². The lowest BCUT2D eigenvalue weighted by molar-refractivity contribution is -0.130. The zero-order valence-electron chi connectivity index (χ0n) is 24.0. The molecule has 2 aromatic rings. The number of aliphatic hydroxyl groups is 1. The van der Waals surface area contributed by atoms with Crippen LogP contribution < -0.4 is 16.0 Å². The maximum atomic E-state index is 13.4. The standard InChI is InChI=1S/C32H45N3O5/c1-4-22(2)30(33-23(3)36)32(39)35-28(20-25-13-9-6-10-14-25)29(37)21-27(19-24-11-7-5-8-12-24)34-31(38)26-15-17-40-18-16-26/h5-14,22,26-30,37H,4,15-21H2,1-3H3,(H,33,36)(H,34,38)(H,35,39)/t22-,27+,28+,29+,30+/m1/s1. The zero-order chi connectivity index (χ0) is 28.9. The lowest BCUT2D eigenvalue weighted by atomic mass is 9.91. The summed E-state index contributed by atoms with van der Waals surface area (Å²) in [5.74, 6) is -0.821. The highest BCUT2D eigenvalue weighted by Crippen LogP contribution is 2.19. The predicted octanol–water partition coefficient (Wildman–Crippen LogP) is 3.17. The van der Waals surface area contributed by atoms with Crippen LogP contribution in [-0.2, 0) is 32.0 Å². The molecule has 1 saturated heterocycles. The summed E-state index contributed by atoms with van der Waals surface area (Å²) in [4.78, 5) is 38.4. The Hall–Kier alpha value is -3.23. The van der Waals surface area contributed by atoms with Crippen LogP contribution in [-0.4, -0.2) is 60.3 Å². The van der Waals surface area contributed by atoms with Gasteiger partial charge < -0.3 is 25.8 Å². The van der Waals surface area contributed by atoms with Gasteiger partial charge in [0.05, 0.1) is 12.1 Å². The van der Waals surface area contributed by atoms with Crippen molar-refractivity contribution < 1.29 is 24.2 Å². The van der Waals surface area contributed by atoms with E-state index >= 15 is 0 Å². The monoisotopic (exact) mass is 551 g/mol. The van der Waals surface area contributed by atoms with E-state index in [0.29, 0.717) is 45.3 Å². The molecule has 0 bridgehead atoms. The second-order valence-corrected chi connectivity index (χ2v) is 11.0. The molecule has 3 amide bonds. The predicted molar refractivity (Wildman–Crippen MR) is 155 cm³/mol. The first kappa shape index (κ1) is 31.3. The number of rotatable bonds is 14. The molecule has 218 valence electrons. The van der Waals surface area contributed by atoms with Crippen LogP contribution >= 0.6 is 0 Å². The smallest absolute Gasteiger partial charge is 0.243 e. The Morgan fingerprint density at radius 3 is 2.02 bits per heavy atom. The molecule has 8 heteroatoms. The van der Waals surface area contributed by atoms with E-state index in [1.165, 1.54) is 6.92 Å². The molecular weight excluding hydrogens is 506 g/mol. The maximum Gasteiger partial charge on any atom is 0.243 e. The molecule has 0 aromatic heterocycles. The number of hydrogen-bond acceptors (Lipinski definition) is 5. The molecule has 5 atom stereocenters. The average Bonchev–Trinajstić information content (AvgIpc) is 2.96. The molecule has 0 unspecified atom stereocenters. The summed E-state index contributed by atoms with van der Waals surface area (Å²) in [5, 5.41) is 20.6. The van der Waals surface area contributed by atoms with Gasteiger partial charge in [0, 0.05) is 32.1 Å². The Bertz CT molecular complexity index is 1060. The highest BCUT2D eigenvalue weighted by molar-refractivity contribution is 5.87. The van der Waals surface area contributed by atoms with Crippen LogP contribution in [0.25, 0.3) is 0 Å². The van der Waals surface area contributed by atoms with Crippen molar-refractivity contribution in [2.45, 2.75) is 83.5 Å². The first-order valence-electron chi connectivity index (χ1n) is 14.5. The van der Waals surface area contributed by atoms with Crippen LogP contribution in [0.4, 0.5) is 0 Å².